The maximum Gasteiger partial charge on any atom is 0.330 e. The number of aliphatic hydroxyl groups excluding tert-OH is 1. The van der Waals surface area contributed by atoms with E-state index in [1.54, 1.807) is 0 Å². The predicted molar refractivity (Wildman–Crippen MR) is 72.1 cm³/mol. The van der Waals surface area contributed by atoms with Crippen LogP contribution in [0.3, 0.4) is 0 Å². The molecule has 0 amide bonds. The number of hydrogen-bond donors (Lipinski definition) is 4. The molecule has 0 unspecified atom stereocenters. The molecule has 1 aromatic heterocycles. The highest BCUT2D eigenvalue weighted by atomic mass is 31.2. The van der Waals surface area contributed by atoms with Crippen LogP contribution in [0.2, 0.25) is 0 Å². The van der Waals surface area contributed by atoms with Crippen molar-refractivity contribution >= 4 is 7.60 Å². The van der Waals surface area contributed by atoms with Gasteiger partial charge < -0.3 is 19.6 Å². The molecule has 9 nitrogen and oxygen atoms in total. The molecule has 0 aliphatic carbocycles. The Kier molecular flexibility index (Phi) is 4.50. The zero-order valence-corrected chi connectivity index (χ0v) is 12.2. The number of nitrogens with zero attached hydrogens (tertiary/aromatic N) is 1. The number of aromatic nitrogens is 2. The average Bonchev–Trinajstić information content (AvgIpc) is 2.74. The van der Waals surface area contributed by atoms with Crippen LogP contribution in [0.25, 0.3) is 0 Å². The van der Waals surface area contributed by atoms with Crippen molar-refractivity contribution in [1.82, 2.24) is 9.55 Å². The third-order valence-corrected chi connectivity index (χ3v) is 4.42. The van der Waals surface area contributed by atoms with Gasteiger partial charge in [0.15, 0.2) is 0 Å². The monoisotopic (exact) mass is 320 g/mol. The second-order valence-electron chi connectivity index (χ2n) is 5.13. The number of nitrogens with one attached hydrogen (secondary N) is 1. The highest BCUT2D eigenvalue weighted by molar-refractivity contribution is 7.51. The van der Waals surface area contributed by atoms with Gasteiger partial charge in [-0.05, 0) is 13.3 Å². The van der Waals surface area contributed by atoms with Crippen molar-refractivity contribution in [3.8, 4) is 0 Å². The zero-order valence-electron chi connectivity index (χ0n) is 11.3. The number of aryl methyl sites for hydroxylation is 1. The molecule has 2 heterocycles. The maximum absolute atomic E-state index is 11.8. The highest BCUT2D eigenvalue weighted by Gasteiger charge is 2.39. The number of rotatable bonds is 4. The summed E-state index contributed by atoms with van der Waals surface area (Å²) in [5.41, 5.74) is -0.846. The van der Waals surface area contributed by atoms with Crippen LogP contribution < -0.4 is 11.2 Å². The van der Waals surface area contributed by atoms with Crippen LogP contribution in [0.5, 0.6) is 0 Å². The molecule has 0 bridgehead atoms. The second-order valence-corrected chi connectivity index (χ2v) is 6.83. The quantitative estimate of drug-likeness (QED) is 0.517. The fraction of sp³-hybridized carbons (Fsp3) is 0.636. The summed E-state index contributed by atoms with van der Waals surface area (Å²) in [7, 11) is -4.25. The molecule has 4 N–H and O–H groups in total. The fourth-order valence-corrected chi connectivity index (χ4v) is 3.44. The predicted octanol–water partition coefficient (Wildman–Crippen LogP) is -1.08. The maximum atomic E-state index is 11.8. The van der Waals surface area contributed by atoms with Crippen molar-refractivity contribution in [2.75, 3.05) is 12.8 Å². The first-order valence-corrected chi connectivity index (χ1v) is 8.14. The van der Waals surface area contributed by atoms with Crippen LogP contribution in [0.1, 0.15) is 18.2 Å². The minimum atomic E-state index is -4.25. The van der Waals surface area contributed by atoms with Gasteiger partial charge in [-0.1, -0.05) is 0 Å². The minimum absolute atomic E-state index is 0.168. The normalized spacial score (nSPS) is 26.2. The van der Waals surface area contributed by atoms with E-state index in [0.29, 0.717) is 5.56 Å². The Labute approximate surface area is 119 Å². The molecule has 10 heteroatoms. The molecule has 0 saturated carbocycles. The summed E-state index contributed by atoms with van der Waals surface area (Å²) in [5, 5.41) is 9.24. The van der Waals surface area contributed by atoms with E-state index in [1.165, 1.54) is 17.7 Å². The molecule has 1 aliphatic rings. The van der Waals surface area contributed by atoms with Gasteiger partial charge in [0.2, 0.25) is 0 Å². The third-order valence-electron chi connectivity index (χ3n) is 3.47. The summed E-state index contributed by atoms with van der Waals surface area (Å²) in [5.74, 6) is -0.569. The number of ether oxygens (including phenoxy) is 1. The van der Waals surface area contributed by atoms with Gasteiger partial charge >= 0.3 is 13.3 Å². The number of aliphatic hydroxyl groups is 1. The molecular weight excluding hydrogens is 303 g/mol. The molecule has 0 spiro atoms. The smallest absolute Gasteiger partial charge is 0.330 e. The zero-order chi connectivity index (χ0) is 15.8. The number of aromatic amines is 1. The lowest BCUT2D eigenvalue weighted by atomic mass is 10.0. The molecule has 1 fully saturated rings. The van der Waals surface area contributed by atoms with Crippen molar-refractivity contribution in [2.24, 2.45) is 5.92 Å². The van der Waals surface area contributed by atoms with Gasteiger partial charge in [-0.25, -0.2) is 4.79 Å². The first kappa shape index (κ1) is 16.1. The Morgan fingerprint density at radius 1 is 1.48 bits per heavy atom. The molecular formula is C11H17N2O7P. The second kappa shape index (κ2) is 5.86. The summed E-state index contributed by atoms with van der Waals surface area (Å²) in [6.07, 6.45) is -0.461. The minimum Gasteiger partial charge on any atom is -0.394 e. The van der Waals surface area contributed by atoms with E-state index >= 15 is 0 Å². The van der Waals surface area contributed by atoms with Crippen LogP contribution in [0.4, 0.5) is 0 Å². The van der Waals surface area contributed by atoms with E-state index in [2.05, 4.69) is 4.98 Å². The molecule has 0 aromatic carbocycles. The number of H-pyrrole nitrogens is 1. The van der Waals surface area contributed by atoms with Crippen LogP contribution in [0, 0.1) is 12.8 Å². The van der Waals surface area contributed by atoms with Crippen molar-refractivity contribution in [3.63, 3.8) is 0 Å². The molecule has 3 atom stereocenters. The van der Waals surface area contributed by atoms with Gasteiger partial charge in [-0.15, -0.1) is 0 Å². The Balaban J connectivity index is 2.27. The third kappa shape index (κ3) is 3.69. The van der Waals surface area contributed by atoms with Gasteiger partial charge in [0, 0.05) is 17.7 Å². The first-order chi connectivity index (χ1) is 9.71. The largest absolute Gasteiger partial charge is 0.394 e. The molecule has 0 radical (unpaired) electrons. The van der Waals surface area contributed by atoms with Crippen molar-refractivity contribution in [2.45, 2.75) is 25.7 Å². The topological polar surface area (TPSA) is 142 Å². The van der Waals surface area contributed by atoms with Gasteiger partial charge in [0.1, 0.15) is 6.23 Å². The van der Waals surface area contributed by atoms with Gasteiger partial charge in [0.25, 0.3) is 5.56 Å². The van der Waals surface area contributed by atoms with Gasteiger partial charge in [0.05, 0.1) is 18.9 Å². The number of hydrogen-bond acceptors (Lipinski definition) is 5. The molecule has 1 saturated heterocycles. The van der Waals surface area contributed by atoms with Crippen LogP contribution >= 0.6 is 7.60 Å². The van der Waals surface area contributed by atoms with Crippen LogP contribution in [-0.4, -0.2) is 43.3 Å². The van der Waals surface area contributed by atoms with Crippen molar-refractivity contribution in [3.05, 3.63) is 32.6 Å². The average molecular weight is 320 g/mol. The Bertz CT molecular complexity index is 676. The first-order valence-electron chi connectivity index (χ1n) is 6.34. The Hall–Kier alpha value is -1.25. The van der Waals surface area contributed by atoms with E-state index in [0.717, 1.165) is 0 Å². The lowest BCUT2D eigenvalue weighted by Crippen LogP contribution is -2.33. The Morgan fingerprint density at radius 2 is 2.14 bits per heavy atom. The van der Waals surface area contributed by atoms with Crippen LogP contribution in [-0.2, 0) is 9.30 Å². The SMILES string of the molecule is Cc1cn([C@H]2C[C@H](CP(=O)(O)O)[C@@H](CO)O2)c(=O)[nH]c1=O. The molecule has 118 valence electrons. The summed E-state index contributed by atoms with van der Waals surface area (Å²) in [6.45, 7) is 1.12. The molecule has 1 aromatic rings. The molecule has 1 aliphatic heterocycles. The molecule has 2 rings (SSSR count). The van der Waals surface area contributed by atoms with E-state index in [4.69, 9.17) is 14.5 Å². The van der Waals surface area contributed by atoms with E-state index in [-0.39, 0.29) is 6.42 Å². The lowest BCUT2D eigenvalue weighted by molar-refractivity contribution is -0.0314. The summed E-state index contributed by atoms with van der Waals surface area (Å²) in [6, 6.07) is 0. The Morgan fingerprint density at radius 3 is 2.71 bits per heavy atom. The fourth-order valence-electron chi connectivity index (χ4n) is 2.45. The standard InChI is InChI=1S/C11H17N2O7P/c1-6-3-13(11(16)12-10(6)15)9-2-7(5-21(17,18)19)8(4-14)20-9/h3,7-9,14H,2,4-5H2,1H3,(H,12,15,16)(H2,17,18,19)/t7-,8-,9-/m1/s1. The van der Waals surface area contributed by atoms with Crippen LogP contribution in [0.15, 0.2) is 15.8 Å². The summed E-state index contributed by atoms with van der Waals surface area (Å²) >= 11 is 0. The van der Waals surface area contributed by atoms with E-state index < -0.39 is 49.9 Å². The van der Waals surface area contributed by atoms with E-state index in [1.807, 2.05) is 0 Å². The molecule has 21 heavy (non-hydrogen) atoms. The summed E-state index contributed by atoms with van der Waals surface area (Å²) in [4.78, 5) is 43.3. The van der Waals surface area contributed by atoms with Gasteiger partial charge in [-0.2, -0.15) is 0 Å². The highest BCUT2D eigenvalue weighted by Crippen LogP contribution is 2.44. The van der Waals surface area contributed by atoms with E-state index in [9.17, 15) is 19.3 Å². The van der Waals surface area contributed by atoms with Crippen molar-refractivity contribution in [1.29, 1.82) is 0 Å². The summed E-state index contributed by atoms with van der Waals surface area (Å²) < 4.78 is 17.7. The van der Waals surface area contributed by atoms with Gasteiger partial charge in [-0.3, -0.25) is 18.9 Å². The lowest BCUT2D eigenvalue weighted by Gasteiger charge is -2.16. The van der Waals surface area contributed by atoms with Crippen molar-refractivity contribution < 1.29 is 24.2 Å².